The predicted octanol–water partition coefficient (Wildman–Crippen LogP) is 2.99. The number of aliphatic hydroxyl groups is 1. The quantitative estimate of drug-likeness (QED) is 0.724. The van der Waals surface area contributed by atoms with Crippen molar-refractivity contribution in [2.45, 2.75) is 32.4 Å². The van der Waals surface area contributed by atoms with Crippen LogP contribution < -0.4 is 5.32 Å². The summed E-state index contributed by atoms with van der Waals surface area (Å²) < 4.78 is 5.06. The lowest BCUT2D eigenvalue weighted by atomic mass is 10.0. The Hall–Kier alpha value is -2.66. The number of carbonyl (C=O) groups is 2. The van der Waals surface area contributed by atoms with E-state index in [9.17, 15) is 9.59 Å². The molecule has 0 spiro atoms. The minimum absolute atomic E-state index is 0.0873. The van der Waals surface area contributed by atoms with E-state index in [1.54, 1.807) is 24.3 Å². The largest absolute Gasteiger partial charge is 0.452 e. The third-order valence-corrected chi connectivity index (χ3v) is 3.82. The minimum atomic E-state index is -0.564. The van der Waals surface area contributed by atoms with Crippen molar-refractivity contribution in [3.63, 3.8) is 0 Å². The molecular weight excluding hydrogens is 318 g/mol. The SMILES string of the molecule is CCC[C@@H](NC(=O)COC(=O)c1ccc(CO)cc1)c1ccccc1. The van der Waals surface area contributed by atoms with Gasteiger partial charge in [-0.15, -0.1) is 0 Å². The number of ether oxygens (including phenoxy) is 1. The minimum Gasteiger partial charge on any atom is -0.452 e. The average Bonchev–Trinajstić information content (AvgIpc) is 2.66. The lowest BCUT2D eigenvalue weighted by molar-refractivity contribution is -0.125. The van der Waals surface area contributed by atoms with Gasteiger partial charge >= 0.3 is 5.97 Å². The molecule has 0 unspecified atom stereocenters. The molecule has 2 rings (SSSR count). The van der Waals surface area contributed by atoms with Gasteiger partial charge in [0.25, 0.3) is 5.91 Å². The van der Waals surface area contributed by atoms with E-state index in [4.69, 9.17) is 9.84 Å². The van der Waals surface area contributed by atoms with Crippen molar-refractivity contribution in [3.8, 4) is 0 Å². The Morgan fingerprint density at radius 1 is 1.08 bits per heavy atom. The third kappa shape index (κ3) is 5.72. The molecular formula is C20H23NO4. The number of hydrogen-bond acceptors (Lipinski definition) is 4. The van der Waals surface area contributed by atoms with Gasteiger partial charge in [-0.2, -0.15) is 0 Å². The number of aliphatic hydroxyl groups excluding tert-OH is 1. The van der Waals surface area contributed by atoms with Crippen LogP contribution in [-0.4, -0.2) is 23.6 Å². The topological polar surface area (TPSA) is 75.6 Å². The molecule has 25 heavy (non-hydrogen) atoms. The molecule has 5 heteroatoms. The van der Waals surface area contributed by atoms with Crippen LogP contribution in [0.1, 0.15) is 47.3 Å². The molecule has 0 aliphatic rings. The third-order valence-electron chi connectivity index (χ3n) is 3.82. The van der Waals surface area contributed by atoms with E-state index in [1.165, 1.54) is 0 Å². The summed E-state index contributed by atoms with van der Waals surface area (Å²) in [5.41, 5.74) is 2.08. The molecule has 0 aromatic heterocycles. The Kier molecular flexibility index (Phi) is 7.16. The van der Waals surface area contributed by atoms with Gasteiger partial charge in [-0.1, -0.05) is 55.8 Å². The first kappa shape index (κ1) is 18.7. The van der Waals surface area contributed by atoms with E-state index in [-0.39, 0.29) is 25.2 Å². The zero-order valence-corrected chi connectivity index (χ0v) is 14.3. The van der Waals surface area contributed by atoms with Gasteiger partial charge in [-0.3, -0.25) is 4.79 Å². The maximum atomic E-state index is 12.1. The molecule has 132 valence electrons. The van der Waals surface area contributed by atoms with Gasteiger partial charge in [0.15, 0.2) is 6.61 Å². The van der Waals surface area contributed by atoms with Crippen LogP contribution in [0.3, 0.4) is 0 Å². The Labute approximate surface area is 147 Å². The second-order valence-corrected chi connectivity index (χ2v) is 5.75. The Morgan fingerprint density at radius 3 is 2.36 bits per heavy atom. The standard InChI is InChI=1S/C20H23NO4/c1-2-6-18(16-7-4-3-5-8-16)21-19(23)14-25-20(24)17-11-9-15(13-22)10-12-17/h3-5,7-12,18,22H,2,6,13-14H2,1H3,(H,21,23)/t18-/m1/s1. The summed E-state index contributed by atoms with van der Waals surface area (Å²) in [6.45, 7) is 1.64. The first-order valence-electron chi connectivity index (χ1n) is 8.35. The van der Waals surface area contributed by atoms with Crippen LogP contribution >= 0.6 is 0 Å². The van der Waals surface area contributed by atoms with Gasteiger partial charge < -0.3 is 15.2 Å². The number of carbonyl (C=O) groups excluding carboxylic acids is 2. The van der Waals surface area contributed by atoms with Gasteiger partial charge in [0.1, 0.15) is 0 Å². The van der Waals surface area contributed by atoms with Gasteiger partial charge in [0.05, 0.1) is 18.2 Å². The highest BCUT2D eigenvalue weighted by atomic mass is 16.5. The van der Waals surface area contributed by atoms with Gasteiger partial charge in [0, 0.05) is 0 Å². The van der Waals surface area contributed by atoms with E-state index in [2.05, 4.69) is 12.2 Å². The maximum absolute atomic E-state index is 12.1. The van der Waals surface area contributed by atoms with Crippen molar-refractivity contribution >= 4 is 11.9 Å². The number of hydrogen-bond donors (Lipinski definition) is 2. The second-order valence-electron chi connectivity index (χ2n) is 5.75. The lowest BCUT2D eigenvalue weighted by Crippen LogP contribution is -2.32. The summed E-state index contributed by atoms with van der Waals surface area (Å²) in [7, 11) is 0. The fourth-order valence-electron chi connectivity index (χ4n) is 2.49. The molecule has 2 aromatic carbocycles. The summed E-state index contributed by atoms with van der Waals surface area (Å²) in [6.07, 6.45) is 1.74. The van der Waals surface area contributed by atoms with Crippen molar-refractivity contribution in [3.05, 3.63) is 71.3 Å². The first-order chi connectivity index (χ1) is 12.1. The molecule has 0 saturated heterocycles. The Bertz CT molecular complexity index is 683. The van der Waals surface area contributed by atoms with Gasteiger partial charge in [0.2, 0.25) is 0 Å². The summed E-state index contributed by atoms with van der Waals surface area (Å²) in [6, 6.07) is 16.0. The smallest absolute Gasteiger partial charge is 0.338 e. The van der Waals surface area contributed by atoms with Crippen molar-refractivity contribution in [2.75, 3.05) is 6.61 Å². The average molecular weight is 341 g/mol. The van der Waals surface area contributed by atoms with E-state index < -0.39 is 5.97 Å². The van der Waals surface area contributed by atoms with E-state index in [1.807, 2.05) is 30.3 Å². The molecule has 5 nitrogen and oxygen atoms in total. The van der Waals surface area contributed by atoms with Crippen LogP contribution in [0, 0.1) is 0 Å². The van der Waals surface area contributed by atoms with E-state index in [0.717, 1.165) is 18.4 Å². The fraction of sp³-hybridized carbons (Fsp3) is 0.300. The summed E-state index contributed by atoms with van der Waals surface area (Å²) in [5, 5.41) is 11.9. The molecule has 0 bridgehead atoms. The van der Waals surface area contributed by atoms with Crippen molar-refractivity contribution in [2.24, 2.45) is 0 Å². The van der Waals surface area contributed by atoms with Crippen LogP contribution in [0.15, 0.2) is 54.6 Å². The Balaban J connectivity index is 1.88. The number of rotatable bonds is 8. The zero-order chi connectivity index (χ0) is 18.1. The van der Waals surface area contributed by atoms with Crippen LogP contribution in [0.2, 0.25) is 0 Å². The number of nitrogens with one attached hydrogen (secondary N) is 1. The molecule has 2 N–H and O–H groups in total. The number of amides is 1. The zero-order valence-electron chi connectivity index (χ0n) is 14.3. The normalized spacial score (nSPS) is 11.6. The van der Waals surface area contributed by atoms with Gasteiger partial charge in [-0.05, 0) is 29.7 Å². The Morgan fingerprint density at radius 2 is 1.76 bits per heavy atom. The van der Waals surface area contributed by atoms with Crippen molar-refractivity contribution < 1.29 is 19.4 Å². The first-order valence-corrected chi connectivity index (χ1v) is 8.35. The molecule has 0 saturated carbocycles. The van der Waals surface area contributed by atoms with Crippen molar-refractivity contribution in [1.82, 2.24) is 5.32 Å². The van der Waals surface area contributed by atoms with E-state index in [0.29, 0.717) is 11.1 Å². The van der Waals surface area contributed by atoms with Gasteiger partial charge in [-0.25, -0.2) is 4.79 Å². The molecule has 2 aromatic rings. The van der Waals surface area contributed by atoms with Crippen molar-refractivity contribution in [1.29, 1.82) is 0 Å². The molecule has 0 fully saturated rings. The van der Waals surface area contributed by atoms with E-state index >= 15 is 0 Å². The molecule has 0 heterocycles. The predicted molar refractivity (Wildman–Crippen MR) is 94.9 cm³/mol. The van der Waals surface area contributed by atoms with Crippen LogP contribution in [-0.2, 0) is 16.1 Å². The summed E-state index contributed by atoms with van der Waals surface area (Å²) in [5.74, 6) is -0.894. The van der Waals surface area contributed by atoms with Crippen LogP contribution in [0.5, 0.6) is 0 Å². The summed E-state index contributed by atoms with van der Waals surface area (Å²) in [4.78, 5) is 24.1. The molecule has 0 aliphatic heterocycles. The number of benzene rings is 2. The molecule has 0 radical (unpaired) electrons. The fourth-order valence-corrected chi connectivity index (χ4v) is 2.49. The second kappa shape index (κ2) is 9.59. The monoisotopic (exact) mass is 341 g/mol. The maximum Gasteiger partial charge on any atom is 0.338 e. The highest BCUT2D eigenvalue weighted by Crippen LogP contribution is 2.18. The van der Waals surface area contributed by atoms with Crippen LogP contribution in [0.4, 0.5) is 0 Å². The number of esters is 1. The molecule has 0 aliphatic carbocycles. The van der Waals surface area contributed by atoms with Crippen LogP contribution in [0.25, 0.3) is 0 Å². The highest BCUT2D eigenvalue weighted by Gasteiger charge is 2.15. The highest BCUT2D eigenvalue weighted by molar-refractivity contribution is 5.91. The molecule has 1 amide bonds. The summed E-state index contributed by atoms with van der Waals surface area (Å²) >= 11 is 0. The lowest BCUT2D eigenvalue weighted by Gasteiger charge is -2.18. The molecule has 1 atom stereocenters.